The van der Waals surface area contributed by atoms with Crippen LogP contribution in [0, 0.1) is 23.7 Å². The zero-order valence-electron chi connectivity index (χ0n) is 14.3. The Morgan fingerprint density at radius 2 is 1.70 bits per heavy atom. The Morgan fingerprint density at radius 3 is 2.26 bits per heavy atom. The zero-order valence-corrected chi connectivity index (χ0v) is 16.7. The summed E-state index contributed by atoms with van der Waals surface area (Å²) in [4.78, 5) is 26.2. The van der Waals surface area contributed by atoms with E-state index in [-0.39, 0.29) is 48.1 Å². The van der Waals surface area contributed by atoms with E-state index in [2.05, 4.69) is 0 Å². The number of aliphatic carboxylic acids is 1. The molecule has 0 spiro atoms. The first-order valence-electron chi connectivity index (χ1n) is 8.74. The predicted molar refractivity (Wildman–Crippen MR) is 100 cm³/mol. The van der Waals surface area contributed by atoms with E-state index in [1.54, 1.807) is 11.0 Å². The molecule has 10 heteroatoms. The topological polar surface area (TPSA) is 95.0 Å². The molecule has 4 rings (SSSR count). The van der Waals surface area contributed by atoms with Gasteiger partial charge in [0.05, 0.1) is 16.2 Å². The van der Waals surface area contributed by atoms with Gasteiger partial charge in [-0.05, 0) is 30.4 Å². The van der Waals surface area contributed by atoms with Gasteiger partial charge in [0, 0.05) is 26.2 Å². The van der Waals surface area contributed by atoms with Gasteiger partial charge >= 0.3 is 5.97 Å². The Kier molecular flexibility index (Phi) is 4.82. The fraction of sp³-hybridized carbons (Fsp3) is 0.529. The van der Waals surface area contributed by atoms with Gasteiger partial charge in [-0.25, -0.2) is 8.42 Å². The van der Waals surface area contributed by atoms with Gasteiger partial charge in [0.1, 0.15) is 4.21 Å². The number of carbonyl (C=O) groups excluding carboxylic acids is 1. The van der Waals surface area contributed by atoms with Gasteiger partial charge in [-0.1, -0.05) is 23.8 Å². The average Bonchev–Trinajstić information content (AvgIpc) is 3.36. The molecule has 1 aromatic rings. The van der Waals surface area contributed by atoms with Gasteiger partial charge < -0.3 is 10.0 Å². The molecule has 2 heterocycles. The minimum atomic E-state index is -3.62. The lowest BCUT2D eigenvalue weighted by molar-refractivity contribution is -0.151. The molecule has 2 fully saturated rings. The minimum absolute atomic E-state index is 0.0291. The van der Waals surface area contributed by atoms with Crippen molar-refractivity contribution in [3.63, 3.8) is 0 Å². The first kappa shape index (κ1) is 18.9. The van der Waals surface area contributed by atoms with E-state index < -0.39 is 27.8 Å². The highest BCUT2D eigenvalue weighted by Gasteiger charge is 2.52. The second-order valence-corrected chi connectivity index (χ2v) is 11.0. The van der Waals surface area contributed by atoms with Crippen LogP contribution in [0.2, 0.25) is 4.34 Å². The van der Waals surface area contributed by atoms with Crippen LogP contribution >= 0.6 is 22.9 Å². The summed E-state index contributed by atoms with van der Waals surface area (Å²) in [6.45, 7) is 0.915. The van der Waals surface area contributed by atoms with Crippen molar-refractivity contribution in [2.45, 2.75) is 10.6 Å². The maximum absolute atomic E-state index is 13.0. The van der Waals surface area contributed by atoms with Gasteiger partial charge in [0.25, 0.3) is 10.0 Å². The summed E-state index contributed by atoms with van der Waals surface area (Å²) >= 11 is 6.85. The number of sulfonamides is 1. The van der Waals surface area contributed by atoms with Crippen molar-refractivity contribution >= 4 is 44.8 Å². The van der Waals surface area contributed by atoms with Crippen LogP contribution in [0.1, 0.15) is 6.42 Å². The third-order valence-electron chi connectivity index (χ3n) is 5.72. The number of halogens is 1. The maximum atomic E-state index is 13.0. The lowest BCUT2D eigenvalue weighted by Crippen LogP contribution is -2.53. The molecule has 4 atom stereocenters. The van der Waals surface area contributed by atoms with Crippen molar-refractivity contribution in [3.8, 4) is 0 Å². The Balaban J connectivity index is 1.44. The number of piperazine rings is 1. The summed E-state index contributed by atoms with van der Waals surface area (Å²) in [5, 5.41) is 9.53. The molecule has 27 heavy (non-hydrogen) atoms. The molecular weight excluding hydrogens is 412 g/mol. The molecule has 2 bridgehead atoms. The number of fused-ring (bicyclic) bond motifs is 2. The van der Waals surface area contributed by atoms with Crippen LogP contribution in [0.15, 0.2) is 28.5 Å². The molecule has 1 amide bonds. The number of carboxylic acids is 1. The second kappa shape index (κ2) is 6.88. The number of carboxylic acid groups (broad SMARTS) is 1. The number of amides is 1. The zero-order chi connectivity index (χ0) is 19.3. The number of carbonyl (C=O) groups is 2. The molecule has 146 valence electrons. The summed E-state index contributed by atoms with van der Waals surface area (Å²) in [6, 6.07) is 3.03. The van der Waals surface area contributed by atoms with Crippen LogP contribution in [0.5, 0.6) is 0 Å². The molecule has 0 unspecified atom stereocenters. The number of hydrogen-bond donors (Lipinski definition) is 1. The Labute approximate surface area is 166 Å². The van der Waals surface area contributed by atoms with E-state index in [1.807, 2.05) is 12.2 Å². The largest absolute Gasteiger partial charge is 0.481 e. The molecule has 1 saturated heterocycles. The molecule has 7 nitrogen and oxygen atoms in total. The quantitative estimate of drug-likeness (QED) is 0.734. The predicted octanol–water partition coefficient (Wildman–Crippen LogP) is 1.76. The monoisotopic (exact) mass is 430 g/mol. The van der Waals surface area contributed by atoms with E-state index in [0.29, 0.717) is 10.8 Å². The van der Waals surface area contributed by atoms with Gasteiger partial charge in [0.15, 0.2) is 0 Å². The third-order valence-corrected chi connectivity index (χ3v) is 9.32. The van der Waals surface area contributed by atoms with E-state index in [4.69, 9.17) is 11.6 Å². The van der Waals surface area contributed by atoms with Crippen LogP contribution < -0.4 is 0 Å². The third kappa shape index (κ3) is 3.20. The average molecular weight is 431 g/mol. The van der Waals surface area contributed by atoms with Crippen LogP contribution in [0.4, 0.5) is 0 Å². The van der Waals surface area contributed by atoms with Crippen molar-refractivity contribution in [2.75, 3.05) is 26.2 Å². The van der Waals surface area contributed by atoms with Crippen LogP contribution in [-0.2, 0) is 19.6 Å². The molecule has 1 N–H and O–H groups in total. The SMILES string of the molecule is O=C(O)[C@H]1[C@@H](C(=O)N2CCN(S(=O)(=O)c3ccc(Cl)s3)CC2)[C@H]2C=C[C@H]1C2. The molecule has 1 aromatic heterocycles. The number of nitrogens with zero attached hydrogens (tertiary/aromatic N) is 2. The number of hydrogen-bond acceptors (Lipinski definition) is 5. The smallest absolute Gasteiger partial charge is 0.307 e. The van der Waals surface area contributed by atoms with Gasteiger partial charge in [0.2, 0.25) is 5.91 Å². The van der Waals surface area contributed by atoms with Crippen molar-refractivity contribution in [1.82, 2.24) is 9.21 Å². The molecular formula is C17H19ClN2O5S2. The van der Waals surface area contributed by atoms with Crippen LogP contribution in [0.3, 0.4) is 0 Å². The van der Waals surface area contributed by atoms with E-state index in [9.17, 15) is 23.1 Å². The van der Waals surface area contributed by atoms with Gasteiger partial charge in [-0.15, -0.1) is 11.3 Å². The summed E-state index contributed by atoms with van der Waals surface area (Å²) in [6.07, 6.45) is 4.57. The van der Waals surface area contributed by atoms with Crippen LogP contribution in [0.25, 0.3) is 0 Å². The standard InChI is InChI=1S/C17H19ClN2O5S2/c18-12-3-4-13(26-12)27(24,25)20-7-5-19(6-8-20)16(21)14-10-1-2-11(9-10)15(14)17(22)23/h1-4,10-11,14-15H,5-9H2,(H,22,23)/t10-,11-,14-,15+/m0/s1. The fourth-order valence-corrected chi connectivity index (χ4v) is 7.48. The van der Waals surface area contributed by atoms with E-state index in [1.165, 1.54) is 10.4 Å². The lowest BCUT2D eigenvalue weighted by Gasteiger charge is -2.37. The highest BCUT2D eigenvalue weighted by molar-refractivity contribution is 7.91. The normalized spacial score (nSPS) is 30.8. The molecule has 0 radical (unpaired) electrons. The van der Waals surface area contributed by atoms with E-state index >= 15 is 0 Å². The van der Waals surface area contributed by atoms with Crippen molar-refractivity contribution < 1.29 is 23.1 Å². The Morgan fingerprint density at radius 1 is 1.07 bits per heavy atom. The van der Waals surface area contributed by atoms with E-state index in [0.717, 1.165) is 11.3 Å². The highest BCUT2D eigenvalue weighted by atomic mass is 35.5. The maximum Gasteiger partial charge on any atom is 0.307 e. The Bertz CT molecular complexity index is 904. The minimum Gasteiger partial charge on any atom is -0.481 e. The first-order chi connectivity index (χ1) is 12.8. The molecule has 0 aromatic carbocycles. The van der Waals surface area contributed by atoms with Gasteiger partial charge in [-0.2, -0.15) is 4.31 Å². The lowest BCUT2D eigenvalue weighted by atomic mass is 9.82. The molecule has 1 aliphatic heterocycles. The van der Waals surface area contributed by atoms with Crippen molar-refractivity contribution in [2.24, 2.45) is 23.7 Å². The summed E-state index contributed by atoms with van der Waals surface area (Å²) in [5.74, 6) is -2.43. The summed E-state index contributed by atoms with van der Waals surface area (Å²) in [7, 11) is -3.62. The number of thiophene rings is 1. The van der Waals surface area contributed by atoms with Gasteiger partial charge in [-0.3, -0.25) is 9.59 Å². The first-order valence-corrected chi connectivity index (χ1v) is 11.4. The molecule has 2 aliphatic carbocycles. The van der Waals surface area contributed by atoms with Crippen molar-refractivity contribution in [3.05, 3.63) is 28.6 Å². The Hall–Kier alpha value is -1.42. The molecule has 3 aliphatic rings. The highest BCUT2D eigenvalue weighted by Crippen LogP contribution is 2.48. The summed E-state index contributed by atoms with van der Waals surface area (Å²) in [5.41, 5.74) is 0. The summed E-state index contributed by atoms with van der Waals surface area (Å²) < 4.78 is 27.3. The molecule has 1 saturated carbocycles. The fourth-order valence-electron chi connectivity index (χ4n) is 4.42. The van der Waals surface area contributed by atoms with Crippen LogP contribution in [-0.4, -0.2) is 60.8 Å². The second-order valence-electron chi connectivity index (χ2n) is 7.13. The number of allylic oxidation sites excluding steroid dienone is 2. The van der Waals surface area contributed by atoms with Crippen molar-refractivity contribution in [1.29, 1.82) is 0 Å². The number of rotatable bonds is 4.